The van der Waals surface area contributed by atoms with Crippen molar-refractivity contribution in [2.45, 2.75) is 44.7 Å². The summed E-state index contributed by atoms with van der Waals surface area (Å²) in [5.74, 6) is -5.75. The molecule has 0 saturated carbocycles. The van der Waals surface area contributed by atoms with Crippen LogP contribution in [0, 0.1) is 5.41 Å². The first-order valence-corrected chi connectivity index (χ1v) is 14.2. The molecule has 44 heavy (non-hydrogen) atoms. The van der Waals surface area contributed by atoms with Crippen molar-refractivity contribution in [3.63, 3.8) is 0 Å². The smallest absolute Gasteiger partial charge is 0.358 e. The molecule has 13 nitrogen and oxygen atoms in total. The first-order chi connectivity index (χ1) is 21.0. The molecule has 1 saturated heterocycles. The van der Waals surface area contributed by atoms with Gasteiger partial charge in [-0.1, -0.05) is 60.7 Å². The number of benzene rings is 2. The van der Waals surface area contributed by atoms with E-state index in [9.17, 15) is 34.3 Å². The van der Waals surface area contributed by atoms with Gasteiger partial charge in [-0.05, 0) is 43.7 Å². The predicted molar refractivity (Wildman–Crippen MR) is 154 cm³/mol. The number of aldehydes is 1. The van der Waals surface area contributed by atoms with E-state index in [1.54, 1.807) is 54.6 Å². The number of β-lactam (4-membered cyclic amide) rings is 1. The molecule has 0 aromatic heterocycles. The van der Waals surface area contributed by atoms with Crippen molar-refractivity contribution in [3.8, 4) is 0 Å². The molecule has 2 aromatic carbocycles. The molecule has 4 rings (SSSR count). The number of carbonyl (C=O) groups is 6. The lowest BCUT2D eigenvalue weighted by Crippen LogP contribution is -2.71. The molecule has 3 atom stereocenters. The van der Waals surface area contributed by atoms with Crippen molar-refractivity contribution in [3.05, 3.63) is 88.6 Å². The number of amides is 2. The zero-order valence-electron chi connectivity index (χ0n) is 23.9. The lowest BCUT2D eigenvalue weighted by atomic mass is 9.96. The number of thioether (sulfide) groups is 1. The summed E-state index contributed by atoms with van der Waals surface area (Å²) in [6, 6.07) is 15.9. The fraction of sp³-hybridized carbons (Fsp3) is 0.300. The number of fused-ring (bicyclic) bond motifs is 1. The van der Waals surface area contributed by atoms with Crippen LogP contribution in [0.2, 0.25) is 0 Å². The van der Waals surface area contributed by atoms with Gasteiger partial charge < -0.3 is 29.9 Å². The Morgan fingerprint density at radius 2 is 1.68 bits per heavy atom. The normalized spacial score (nSPS) is 18.2. The van der Waals surface area contributed by atoms with E-state index in [4.69, 9.17) is 14.2 Å². The van der Waals surface area contributed by atoms with Crippen molar-refractivity contribution in [1.82, 2.24) is 10.2 Å². The van der Waals surface area contributed by atoms with Crippen LogP contribution in [0.15, 0.2) is 71.9 Å². The van der Waals surface area contributed by atoms with Gasteiger partial charge in [-0.3, -0.25) is 24.1 Å². The maximum Gasteiger partial charge on any atom is 0.358 e. The van der Waals surface area contributed by atoms with Crippen molar-refractivity contribution in [2.24, 2.45) is 5.41 Å². The first kappa shape index (κ1) is 31.9. The molecule has 0 aliphatic carbocycles. The number of esters is 3. The summed E-state index contributed by atoms with van der Waals surface area (Å²) in [6.07, 6.45) is 0.384. The van der Waals surface area contributed by atoms with Gasteiger partial charge in [0, 0.05) is 0 Å². The van der Waals surface area contributed by atoms with Crippen LogP contribution in [-0.2, 0) is 49.6 Å². The average Bonchev–Trinajstić information content (AvgIpc) is 3.03. The molecule has 0 spiro atoms. The van der Waals surface area contributed by atoms with Crippen molar-refractivity contribution < 1.29 is 47.8 Å². The Bertz CT molecular complexity index is 1570. The van der Waals surface area contributed by atoms with Crippen molar-refractivity contribution >= 4 is 52.8 Å². The Morgan fingerprint density at radius 1 is 1.05 bits per heavy atom. The van der Waals surface area contributed by atoms with Crippen LogP contribution in [0.3, 0.4) is 0 Å². The molecular formula is C30H28N4O9S. The topological polar surface area (TPSA) is 182 Å². The lowest BCUT2D eigenvalue weighted by molar-refractivity contribution is -0.173. The van der Waals surface area contributed by atoms with Gasteiger partial charge in [0.1, 0.15) is 35.4 Å². The SMILES string of the molecule is CC1=C(C(=O)OCOC(=O)C(C)(C)C=O)N2C(=O)C(NC(=O)C(C(=O)OCc3ccccc3)c3ccccc3)[C@@H]2SC1=[N+]=[N-]. The summed E-state index contributed by atoms with van der Waals surface area (Å²) in [5.41, 5.74) is 8.99. The zero-order valence-corrected chi connectivity index (χ0v) is 24.7. The molecule has 14 heteroatoms. The van der Waals surface area contributed by atoms with E-state index in [0.717, 1.165) is 22.2 Å². The van der Waals surface area contributed by atoms with Gasteiger partial charge in [0.2, 0.25) is 12.7 Å². The van der Waals surface area contributed by atoms with E-state index >= 15 is 0 Å². The number of ether oxygens (including phenoxy) is 3. The van der Waals surface area contributed by atoms with E-state index in [1.165, 1.54) is 20.8 Å². The van der Waals surface area contributed by atoms with Crippen LogP contribution in [-0.4, -0.2) is 69.0 Å². The molecule has 2 aliphatic rings. The largest absolute Gasteiger partial charge is 0.460 e. The van der Waals surface area contributed by atoms with Gasteiger partial charge in [0.05, 0.1) is 5.57 Å². The Kier molecular flexibility index (Phi) is 9.77. The number of hydrogen-bond acceptors (Lipinski definition) is 10. The second kappa shape index (κ2) is 13.5. The molecular weight excluding hydrogens is 592 g/mol. The Balaban J connectivity index is 1.49. The van der Waals surface area contributed by atoms with Crippen molar-refractivity contribution in [2.75, 3.05) is 6.79 Å². The molecule has 2 amide bonds. The van der Waals surface area contributed by atoms with E-state index in [-0.39, 0.29) is 22.9 Å². The van der Waals surface area contributed by atoms with Crippen molar-refractivity contribution in [1.29, 1.82) is 0 Å². The molecule has 0 radical (unpaired) electrons. The molecule has 1 N–H and O–H groups in total. The minimum absolute atomic E-state index is 0.0223. The van der Waals surface area contributed by atoms with E-state index in [1.807, 2.05) is 6.07 Å². The van der Waals surface area contributed by atoms with Gasteiger partial charge in [-0.25, -0.2) is 4.79 Å². The zero-order chi connectivity index (χ0) is 32.0. The number of nitrogens with one attached hydrogen (secondary N) is 1. The molecule has 0 bridgehead atoms. The number of nitrogens with zero attached hydrogens (tertiary/aromatic N) is 3. The minimum Gasteiger partial charge on any atom is -0.460 e. The van der Waals surface area contributed by atoms with Gasteiger partial charge in [0.15, 0.2) is 5.92 Å². The van der Waals surface area contributed by atoms with E-state index < -0.39 is 59.3 Å². The van der Waals surface area contributed by atoms with Gasteiger partial charge in [-0.15, -0.1) is 0 Å². The highest BCUT2D eigenvalue weighted by Gasteiger charge is 2.58. The number of rotatable bonds is 11. The summed E-state index contributed by atoms with van der Waals surface area (Å²) in [6.45, 7) is 3.15. The van der Waals surface area contributed by atoms with Gasteiger partial charge in [0.25, 0.3) is 5.91 Å². The number of hydrogen-bond donors (Lipinski definition) is 1. The quantitative estimate of drug-likeness (QED) is 0.0743. The second-order valence-corrected chi connectivity index (χ2v) is 11.4. The van der Waals surface area contributed by atoms with Crippen LogP contribution < -0.4 is 5.32 Å². The molecule has 228 valence electrons. The van der Waals surface area contributed by atoms with E-state index in [2.05, 4.69) is 10.1 Å². The third-order valence-corrected chi connectivity index (χ3v) is 8.17. The van der Waals surface area contributed by atoms with Crippen LogP contribution in [0.4, 0.5) is 0 Å². The van der Waals surface area contributed by atoms with E-state index in [0.29, 0.717) is 11.8 Å². The fourth-order valence-electron chi connectivity index (χ4n) is 4.32. The number of carbonyl (C=O) groups excluding carboxylic acids is 6. The molecule has 2 heterocycles. The highest BCUT2D eigenvalue weighted by Crippen LogP contribution is 2.41. The highest BCUT2D eigenvalue weighted by molar-refractivity contribution is 8.14. The van der Waals surface area contributed by atoms with Crippen LogP contribution in [0.1, 0.15) is 37.8 Å². The summed E-state index contributed by atoms with van der Waals surface area (Å²) in [5, 5.41) is 1.62. The third kappa shape index (κ3) is 6.61. The Labute approximate surface area is 256 Å². The summed E-state index contributed by atoms with van der Waals surface area (Å²) < 4.78 is 15.3. The molecule has 2 aromatic rings. The summed E-state index contributed by atoms with van der Waals surface area (Å²) in [4.78, 5) is 80.3. The molecule has 2 aliphatic heterocycles. The van der Waals surface area contributed by atoms with Crippen LogP contribution in [0.25, 0.3) is 5.53 Å². The summed E-state index contributed by atoms with van der Waals surface area (Å²) >= 11 is 0.907. The first-order valence-electron chi connectivity index (χ1n) is 13.3. The lowest BCUT2D eigenvalue weighted by Gasteiger charge is -2.48. The summed E-state index contributed by atoms with van der Waals surface area (Å²) in [7, 11) is 0. The second-order valence-electron chi connectivity index (χ2n) is 10.3. The standard InChI is InChI=1S/C30H28N4O9S/c1-17-22(28(39)42-16-43-29(40)30(2,3)15-35)34-25(37)21(26(34)44-24(17)33-31)32-23(36)20(19-12-8-5-9-13-19)27(38)41-14-18-10-6-4-7-11-18/h4-13,15,20-21,26H,14,16H2,1-3H3,(H,32,36)/t20?,21?,26-/m0/s1. The van der Waals surface area contributed by atoms with Gasteiger partial charge in [-0.2, -0.15) is 4.79 Å². The fourth-order valence-corrected chi connectivity index (χ4v) is 5.50. The molecule has 1 fully saturated rings. The maximum atomic E-state index is 13.5. The van der Waals surface area contributed by atoms with Gasteiger partial charge >= 0.3 is 23.0 Å². The van der Waals surface area contributed by atoms with Crippen LogP contribution in [0.5, 0.6) is 0 Å². The molecule has 2 unspecified atom stereocenters. The Hall–Kier alpha value is -5.07. The Morgan fingerprint density at radius 3 is 2.30 bits per heavy atom. The van der Waals surface area contributed by atoms with Crippen LogP contribution >= 0.6 is 11.8 Å². The maximum absolute atomic E-state index is 13.5. The minimum atomic E-state index is -1.46. The third-order valence-electron chi connectivity index (χ3n) is 6.83. The average molecular weight is 621 g/mol. The monoisotopic (exact) mass is 620 g/mol. The highest BCUT2D eigenvalue weighted by atomic mass is 32.2. The predicted octanol–water partition coefficient (Wildman–Crippen LogP) is 2.08.